The zero-order chi connectivity index (χ0) is 27.1. The highest BCUT2D eigenvalue weighted by atomic mass is 16.6. The van der Waals surface area contributed by atoms with Crippen molar-refractivity contribution in [2.75, 3.05) is 14.1 Å². The Hall–Kier alpha value is -3.52. The van der Waals surface area contributed by atoms with Crippen LogP contribution in [0.15, 0.2) is 48.5 Å². The Balaban J connectivity index is 1.30. The monoisotopic (exact) mass is 527 g/mol. The second-order valence-corrected chi connectivity index (χ2v) is 12.7. The van der Waals surface area contributed by atoms with Crippen LogP contribution in [0, 0.1) is 38.0 Å². The van der Waals surface area contributed by atoms with E-state index in [4.69, 9.17) is 4.74 Å². The van der Waals surface area contributed by atoms with Crippen molar-refractivity contribution < 1.29 is 14.6 Å². The number of ether oxygens (including phenoxy) is 1. The van der Waals surface area contributed by atoms with Gasteiger partial charge in [-0.3, -0.25) is 25.1 Å². The predicted octanol–water partition coefficient (Wildman–Crippen LogP) is 6.73. The first-order valence-corrected chi connectivity index (χ1v) is 14.0. The van der Waals surface area contributed by atoms with Gasteiger partial charge in [0, 0.05) is 23.1 Å². The van der Waals surface area contributed by atoms with E-state index in [-0.39, 0.29) is 17.3 Å². The van der Waals surface area contributed by atoms with Crippen LogP contribution in [-0.2, 0) is 11.8 Å². The molecule has 4 saturated carbocycles. The molecule has 1 aliphatic heterocycles. The summed E-state index contributed by atoms with van der Waals surface area (Å²) in [5.41, 5.74) is 2.76. The molecule has 8 nitrogen and oxygen atoms in total. The molecule has 4 bridgehead atoms. The fourth-order valence-corrected chi connectivity index (χ4v) is 8.87. The maximum absolute atomic E-state index is 12.0. The Kier molecular flexibility index (Phi) is 5.50. The average molecular weight is 528 g/mol. The van der Waals surface area contributed by atoms with E-state index in [2.05, 4.69) is 24.3 Å². The highest BCUT2D eigenvalue weighted by molar-refractivity contribution is 5.89. The van der Waals surface area contributed by atoms with Gasteiger partial charge < -0.3 is 4.74 Å². The van der Waals surface area contributed by atoms with Crippen LogP contribution in [0.1, 0.15) is 61.1 Å². The molecule has 5 aliphatic rings. The van der Waals surface area contributed by atoms with E-state index in [1.54, 1.807) is 0 Å². The highest BCUT2D eigenvalue weighted by Crippen LogP contribution is 2.61. The molecule has 0 N–H and O–H groups in total. The van der Waals surface area contributed by atoms with Gasteiger partial charge in [-0.25, -0.2) is 0 Å². The molecule has 3 aromatic rings. The third kappa shape index (κ3) is 3.91. The van der Waals surface area contributed by atoms with Gasteiger partial charge in [0.15, 0.2) is 6.23 Å². The number of hydrogen-bond donors (Lipinski definition) is 0. The maximum atomic E-state index is 12.0. The van der Waals surface area contributed by atoms with E-state index in [1.807, 2.05) is 25.1 Å². The van der Waals surface area contributed by atoms with Crippen LogP contribution >= 0.6 is 0 Å². The molecule has 0 saturated heterocycles. The standard InChI is InChI=1S/C31H33N3O5/c1-32(2)30-27(25-7-5-23(33(35)36)13-28(25)34(37)38)14-26-24-6-4-22(12-21(24)3-8-29(26)39-30)31-15-18-9-19(16-31)11-20(10-18)17-31/h3-8,12-13,18-20,27,30H,9-11,14-17H2,1-2H3/t18?,19?,20?,27-,30+,31?/m0/s1. The number of benzene rings is 3. The normalized spacial score (nSPS) is 30.8. The first-order valence-electron chi connectivity index (χ1n) is 14.0. The van der Waals surface area contributed by atoms with Crippen LogP contribution in [0.4, 0.5) is 11.4 Å². The second kappa shape index (κ2) is 8.74. The van der Waals surface area contributed by atoms with Gasteiger partial charge in [-0.1, -0.05) is 24.3 Å². The molecular formula is C31H33N3O5. The first-order chi connectivity index (χ1) is 18.7. The quantitative estimate of drug-likeness (QED) is 0.269. The summed E-state index contributed by atoms with van der Waals surface area (Å²) in [4.78, 5) is 24.1. The van der Waals surface area contributed by atoms with Gasteiger partial charge in [0.1, 0.15) is 5.75 Å². The predicted molar refractivity (Wildman–Crippen MR) is 148 cm³/mol. The van der Waals surface area contributed by atoms with Gasteiger partial charge in [0.25, 0.3) is 11.4 Å². The summed E-state index contributed by atoms with van der Waals surface area (Å²) in [5.74, 6) is 3.08. The lowest BCUT2D eigenvalue weighted by molar-refractivity contribution is -0.394. The van der Waals surface area contributed by atoms with Crippen LogP contribution in [-0.4, -0.2) is 35.1 Å². The molecule has 0 aromatic heterocycles. The van der Waals surface area contributed by atoms with Crippen molar-refractivity contribution in [1.29, 1.82) is 0 Å². The Morgan fingerprint density at radius 1 is 0.872 bits per heavy atom. The van der Waals surface area contributed by atoms with Crippen LogP contribution in [0.25, 0.3) is 10.8 Å². The molecule has 0 spiro atoms. The topological polar surface area (TPSA) is 98.8 Å². The molecule has 0 unspecified atom stereocenters. The number of fused-ring (bicyclic) bond motifs is 3. The number of nitrogens with zero attached hydrogens (tertiary/aromatic N) is 3. The van der Waals surface area contributed by atoms with Crippen LogP contribution in [0.5, 0.6) is 5.75 Å². The van der Waals surface area contributed by atoms with Crippen LogP contribution in [0.2, 0.25) is 0 Å². The van der Waals surface area contributed by atoms with Crippen molar-refractivity contribution in [2.24, 2.45) is 17.8 Å². The second-order valence-electron chi connectivity index (χ2n) is 12.7. The van der Waals surface area contributed by atoms with Crippen molar-refractivity contribution >= 4 is 22.1 Å². The summed E-state index contributed by atoms with van der Waals surface area (Å²) >= 11 is 0. The van der Waals surface area contributed by atoms with Gasteiger partial charge in [0.2, 0.25) is 0 Å². The third-order valence-corrected chi connectivity index (χ3v) is 10.1. The molecule has 202 valence electrons. The van der Waals surface area contributed by atoms with Crippen LogP contribution < -0.4 is 4.74 Å². The summed E-state index contributed by atoms with van der Waals surface area (Å²) in [6.45, 7) is 0. The molecule has 2 atom stereocenters. The van der Waals surface area contributed by atoms with E-state index >= 15 is 0 Å². The van der Waals surface area contributed by atoms with E-state index in [1.165, 1.54) is 61.6 Å². The van der Waals surface area contributed by atoms with Crippen molar-refractivity contribution in [1.82, 2.24) is 4.90 Å². The molecule has 8 heteroatoms. The number of non-ortho nitro benzene ring substituents is 1. The first kappa shape index (κ1) is 24.5. The van der Waals surface area contributed by atoms with E-state index in [0.717, 1.165) is 40.5 Å². The summed E-state index contributed by atoms with van der Waals surface area (Å²) in [5, 5.41) is 25.6. The van der Waals surface area contributed by atoms with E-state index in [9.17, 15) is 20.2 Å². The molecule has 0 radical (unpaired) electrons. The fourth-order valence-electron chi connectivity index (χ4n) is 8.87. The lowest BCUT2D eigenvalue weighted by atomic mass is 9.48. The van der Waals surface area contributed by atoms with Gasteiger partial charge >= 0.3 is 0 Å². The molecule has 1 heterocycles. The minimum Gasteiger partial charge on any atom is -0.474 e. The minimum atomic E-state index is -0.595. The van der Waals surface area contributed by atoms with Gasteiger partial charge in [-0.2, -0.15) is 0 Å². The van der Waals surface area contributed by atoms with Crippen molar-refractivity contribution in [3.8, 4) is 5.75 Å². The summed E-state index contributed by atoms with van der Waals surface area (Å²) in [7, 11) is 3.78. The summed E-state index contributed by atoms with van der Waals surface area (Å²) < 4.78 is 6.48. The lowest BCUT2D eigenvalue weighted by Gasteiger charge is -2.57. The Labute approximate surface area is 227 Å². The fraction of sp³-hybridized carbons (Fsp3) is 0.484. The maximum Gasteiger partial charge on any atom is 0.279 e. The molecule has 8 rings (SSSR count). The number of nitro benzene ring substituents is 2. The molecule has 39 heavy (non-hydrogen) atoms. The number of rotatable bonds is 5. The lowest BCUT2D eigenvalue weighted by Crippen LogP contribution is -2.48. The molecule has 4 aliphatic carbocycles. The third-order valence-electron chi connectivity index (χ3n) is 10.1. The Morgan fingerprint density at radius 3 is 2.18 bits per heavy atom. The molecular weight excluding hydrogens is 494 g/mol. The van der Waals surface area contributed by atoms with Crippen molar-refractivity contribution in [3.05, 3.63) is 85.4 Å². The van der Waals surface area contributed by atoms with E-state index in [0.29, 0.717) is 17.4 Å². The van der Waals surface area contributed by atoms with E-state index < -0.39 is 16.1 Å². The number of nitro groups is 2. The zero-order valence-electron chi connectivity index (χ0n) is 22.3. The SMILES string of the molecule is CN(C)[C@@H]1Oc2ccc3cc(C45CC6CC(CC(C6)C4)C5)ccc3c2C[C@H]1c1ccc([N+](=O)[O-])cc1[N+](=O)[O-]. The van der Waals surface area contributed by atoms with Crippen molar-refractivity contribution in [3.63, 3.8) is 0 Å². The van der Waals surface area contributed by atoms with Gasteiger partial charge in [-0.15, -0.1) is 0 Å². The Bertz CT molecular complexity index is 1480. The van der Waals surface area contributed by atoms with Gasteiger partial charge in [-0.05, 0) is 111 Å². The van der Waals surface area contributed by atoms with Gasteiger partial charge in [0.05, 0.1) is 15.9 Å². The number of likely N-dealkylation sites (N-methyl/N-ethyl adjacent to an activating group) is 1. The van der Waals surface area contributed by atoms with Crippen molar-refractivity contribution in [2.45, 2.75) is 62.5 Å². The zero-order valence-corrected chi connectivity index (χ0v) is 22.3. The van der Waals surface area contributed by atoms with Crippen LogP contribution in [0.3, 0.4) is 0 Å². The molecule has 3 aromatic carbocycles. The average Bonchev–Trinajstić information content (AvgIpc) is 2.90. The summed E-state index contributed by atoms with van der Waals surface area (Å²) in [6.07, 6.45) is 8.30. The Morgan fingerprint density at radius 2 is 1.56 bits per heavy atom. The molecule has 4 fully saturated rings. The largest absolute Gasteiger partial charge is 0.474 e. The highest BCUT2D eigenvalue weighted by Gasteiger charge is 2.51. The number of hydrogen-bond acceptors (Lipinski definition) is 6. The molecule has 0 amide bonds. The smallest absolute Gasteiger partial charge is 0.279 e. The minimum absolute atomic E-state index is 0.238. The summed E-state index contributed by atoms with van der Waals surface area (Å²) in [6, 6.07) is 15.1.